The highest BCUT2D eigenvalue weighted by atomic mass is 79.9. The number of carbonyl (C=O) groups excluding carboxylic acids is 2. The smallest absolute Gasteiger partial charge is 0.234 e. The van der Waals surface area contributed by atoms with Crippen molar-refractivity contribution >= 4 is 45.2 Å². The molecule has 1 aliphatic heterocycles. The summed E-state index contributed by atoms with van der Waals surface area (Å²) in [5.74, 6) is -0.531. The summed E-state index contributed by atoms with van der Waals surface area (Å²) in [4.78, 5) is 25.0. The molecular formula is C24H24BrN3O2S. The Labute approximate surface area is 195 Å². The zero-order valence-corrected chi connectivity index (χ0v) is 20.1. The van der Waals surface area contributed by atoms with Gasteiger partial charge in [0.25, 0.3) is 0 Å². The van der Waals surface area contributed by atoms with Crippen LogP contribution in [0.2, 0.25) is 0 Å². The van der Waals surface area contributed by atoms with E-state index in [-0.39, 0.29) is 29.9 Å². The fourth-order valence-electron chi connectivity index (χ4n) is 3.60. The largest absolute Gasteiger partial charge is 0.325 e. The third-order valence-corrected chi connectivity index (χ3v) is 6.69. The van der Waals surface area contributed by atoms with Crippen LogP contribution in [0.4, 0.5) is 5.69 Å². The third-order valence-electron chi connectivity index (χ3n) is 5.21. The van der Waals surface area contributed by atoms with E-state index in [1.165, 1.54) is 11.8 Å². The summed E-state index contributed by atoms with van der Waals surface area (Å²) < 4.78 is 0.977. The Balaban J connectivity index is 1.78. The maximum atomic E-state index is 12.7. The van der Waals surface area contributed by atoms with Gasteiger partial charge in [-0.1, -0.05) is 64.4 Å². The molecule has 2 N–H and O–H groups in total. The number of nitrogens with zero attached hydrogens (tertiary/aromatic N) is 1. The monoisotopic (exact) mass is 497 g/mol. The van der Waals surface area contributed by atoms with Crippen molar-refractivity contribution in [2.75, 3.05) is 11.1 Å². The number of allylic oxidation sites excluding steroid dienone is 1. The van der Waals surface area contributed by atoms with Crippen LogP contribution in [0, 0.1) is 25.2 Å². The van der Waals surface area contributed by atoms with E-state index < -0.39 is 0 Å². The van der Waals surface area contributed by atoms with Gasteiger partial charge in [0, 0.05) is 22.5 Å². The predicted octanol–water partition coefficient (Wildman–Crippen LogP) is 5.34. The van der Waals surface area contributed by atoms with Crippen LogP contribution in [0.5, 0.6) is 0 Å². The predicted molar refractivity (Wildman–Crippen MR) is 129 cm³/mol. The van der Waals surface area contributed by atoms with Crippen LogP contribution in [0.25, 0.3) is 0 Å². The second-order valence-corrected chi connectivity index (χ2v) is 9.42. The van der Waals surface area contributed by atoms with E-state index >= 15 is 0 Å². The molecule has 0 aromatic heterocycles. The number of benzene rings is 2. The molecule has 5 nitrogen and oxygen atoms in total. The number of thioether (sulfide) groups is 1. The minimum atomic E-state index is -0.301. The third kappa shape index (κ3) is 5.57. The van der Waals surface area contributed by atoms with Gasteiger partial charge in [-0.3, -0.25) is 9.59 Å². The number of hydrogen-bond acceptors (Lipinski definition) is 4. The van der Waals surface area contributed by atoms with Gasteiger partial charge >= 0.3 is 0 Å². The van der Waals surface area contributed by atoms with Gasteiger partial charge in [-0.2, -0.15) is 5.26 Å². The van der Waals surface area contributed by atoms with Crippen LogP contribution in [-0.2, 0) is 16.0 Å². The van der Waals surface area contributed by atoms with Crippen LogP contribution in [0.15, 0.2) is 51.5 Å². The fourth-order valence-corrected chi connectivity index (χ4v) is 5.10. The fraction of sp³-hybridized carbons (Fsp3) is 0.292. The minimum Gasteiger partial charge on any atom is -0.325 e. The molecule has 0 saturated carbocycles. The Morgan fingerprint density at radius 3 is 2.65 bits per heavy atom. The van der Waals surface area contributed by atoms with E-state index in [0.29, 0.717) is 10.6 Å². The number of nitrogens with one attached hydrogen (secondary N) is 2. The molecule has 2 aromatic carbocycles. The highest BCUT2D eigenvalue weighted by Crippen LogP contribution is 2.36. The van der Waals surface area contributed by atoms with Crippen molar-refractivity contribution < 1.29 is 9.59 Å². The molecule has 2 aromatic rings. The summed E-state index contributed by atoms with van der Waals surface area (Å²) in [6.07, 6.45) is 1.02. The summed E-state index contributed by atoms with van der Waals surface area (Å²) in [6, 6.07) is 14.1. The second kappa shape index (κ2) is 10.2. The van der Waals surface area contributed by atoms with Crippen molar-refractivity contribution in [1.29, 1.82) is 5.26 Å². The maximum absolute atomic E-state index is 12.7. The Kier molecular flexibility index (Phi) is 7.58. The number of carbonyl (C=O) groups is 2. The Bertz CT molecular complexity index is 1090. The molecule has 0 radical (unpaired) electrons. The molecule has 1 heterocycles. The number of nitriles is 1. The zero-order chi connectivity index (χ0) is 22.5. The van der Waals surface area contributed by atoms with Crippen LogP contribution in [-0.4, -0.2) is 17.6 Å². The van der Waals surface area contributed by atoms with E-state index in [9.17, 15) is 14.9 Å². The minimum absolute atomic E-state index is 0.0973. The molecular weight excluding hydrogens is 474 g/mol. The first-order valence-electron chi connectivity index (χ1n) is 10.0. The van der Waals surface area contributed by atoms with Crippen molar-refractivity contribution in [3.8, 4) is 6.07 Å². The summed E-state index contributed by atoms with van der Waals surface area (Å²) >= 11 is 4.68. The lowest BCUT2D eigenvalue weighted by molar-refractivity contribution is -0.121. The standard InChI is InChI=1S/C24H24BrN3O2S/c1-4-16-10-18(25)9-15(3)23(16)27-22(30)13-31-24-20(12-26)19(11-21(29)28-24)17-7-5-14(2)6-8-17/h5-10,19H,4,11,13H2,1-3H3,(H,27,30)(H,28,29)/t19-/m1/s1. The highest BCUT2D eigenvalue weighted by Gasteiger charge is 2.29. The first-order valence-corrected chi connectivity index (χ1v) is 11.8. The second-order valence-electron chi connectivity index (χ2n) is 7.52. The number of anilines is 1. The van der Waals surface area contributed by atoms with Gasteiger partial charge in [-0.05, 0) is 49.1 Å². The van der Waals surface area contributed by atoms with Gasteiger partial charge in [0.15, 0.2) is 0 Å². The molecule has 3 rings (SSSR count). The molecule has 0 saturated heterocycles. The summed E-state index contributed by atoms with van der Waals surface area (Å²) in [6.45, 7) is 5.99. The van der Waals surface area contributed by atoms with Gasteiger partial charge in [0.1, 0.15) is 0 Å². The number of hydrogen-bond donors (Lipinski definition) is 2. The Hall–Kier alpha value is -2.56. The van der Waals surface area contributed by atoms with E-state index in [0.717, 1.165) is 38.8 Å². The molecule has 0 fully saturated rings. The molecule has 0 unspecified atom stereocenters. The lowest BCUT2D eigenvalue weighted by Crippen LogP contribution is -2.31. The first-order chi connectivity index (χ1) is 14.8. The molecule has 0 aliphatic carbocycles. The van der Waals surface area contributed by atoms with Crippen molar-refractivity contribution in [3.63, 3.8) is 0 Å². The number of aryl methyl sites for hydroxylation is 3. The molecule has 0 bridgehead atoms. The van der Waals surface area contributed by atoms with Crippen LogP contribution >= 0.6 is 27.7 Å². The normalized spacial score (nSPS) is 16.0. The van der Waals surface area contributed by atoms with E-state index in [4.69, 9.17) is 0 Å². The van der Waals surface area contributed by atoms with Gasteiger partial charge in [0.05, 0.1) is 22.4 Å². The van der Waals surface area contributed by atoms with E-state index in [1.54, 1.807) is 0 Å². The maximum Gasteiger partial charge on any atom is 0.234 e. The van der Waals surface area contributed by atoms with Crippen molar-refractivity contribution in [2.45, 2.75) is 39.5 Å². The molecule has 160 valence electrons. The van der Waals surface area contributed by atoms with Crippen molar-refractivity contribution in [3.05, 3.63) is 73.7 Å². The van der Waals surface area contributed by atoms with Crippen LogP contribution in [0.1, 0.15) is 41.5 Å². The summed E-state index contributed by atoms with van der Waals surface area (Å²) in [5.41, 5.74) is 5.39. The van der Waals surface area contributed by atoms with Crippen LogP contribution < -0.4 is 10.6 Å². The number of rotatable bonds is 6. The molecule has 1 aliphatic rings. The average molecular weight is 498 g/mol. The van der Waals surface area contributed by atoms with Gasteiger partial charge in [0.2, 0.25) is 11.8 Å². The van der Waals surface area contributed by atoms with Crippen molar-refractivity contribution in [2.24, 2.45) is 0 Å². The molecule has 0 spiro atoms. The highest BCUT2D eigenvalue weighted by molar-refractivity contribution is 9.10. The average Bonchev–Trinajstić information content (AvgIpc) is 2.74. The quantitative estimate of drug-likeness (QED) is 0.564. The molecule has 1 atom stereocenters. The number of halogens is 1. The van der Waals surface area contributed by atoms with E-state index in [2.05, 4.69) is 32.6 Å². The molecule has 2 amide bonds. The molecule has 7 heteroatoms. The summed E-state index contributed by atoms with van der Waals surface area (Å²) in [7, 11) is 0. The summed E-state index contributed by atoms with van der Waals surface area (Å²) in [5, 5.41) is 16.0. The lowest BCUT2D eigenvalue weighted by atomic mass is 9.87. The Morgan fingerprint density at radius 2 is 2.00 bits per heavy atom. The molecule has 31 heavy (non-hydrogen) atoms. The SMILES string of the molecule is CCc1cc(Br)cc(C)c1NC(=O)CSC1=C(C#N)[C@@H](c2ccc(C)cc2)CC(=O)N1. The van der Waals surface area contributed by atoms with E-state index in [1.807, 2.05) is 57.2 Å². The number of amides is 2. The lowest BCUT2D eigenvalue weighted by Gasteiger charge is -2.25. The topological polar surface area (TPSA) is 82.0 Å². The zero-order valence-electron chi connectivity index (χ0n) is 17.7. The van der Waals surface area contributed by atoms with Crippen LogP contribution in [0.3, 0.4) is 0 Å². The van der Waals surface area contributed by atoms with Crippen molar-refractivity contribution in [1.82, 2.24) is 5.32 Å². The van der Waals surface area contributed by atoms with Gasteiger partial charge < -0.3 is 10.6 Å². The first kappa shape index (κ1) is 23.1. The van der Waals surface area contributed by atoms with Gasteiger partial charge in [-0.15, -0.1) is 0 Å². The Morgan fingerprint density at radius 1 is 1.29 bits per heavy atom. The van der Waals surface area contributed by atoms with Gasteiger partial charge in [-0.25, -0.2) is 0 Å².